The second-order valence-electron chi connectivity index (χ2n) is 5.73. The first-order valence-corrected chi connectivity index (χ1v) is 7.42. The molecule has 0 aliphatic heterocycles. The molecule has 0 radical (unpaired) electrons. The van der Waals surface area contributed by atoms with Crippen molar-refractivity contribution in [2.24, 2.45) is 5.92 Å². The first kappa shape index (κ1) is 16.8. The molecule has 0 bridgehead atoms. The lowest BCUT2D eigenvalue weighted by Gasteiger charge is -2.28. The van der Waals surface area contributed by atoms with Crippen molar-refractivity contribution in [2.45, 2.75) is 40.5 Å². The van der Waals surface area contributed by atoms with E-state index in [1.54, 1.807) is 0 Å². The van der Waals surface area contributed by atoms with Crippen molar-refractivity contribution in [1.82, 2.24) is 0 Å². The number of nitrogens with zero attached hydrogens (tertiary/aromatic N) is 1. The van der Waals surface area contributed by atoms with Gasteiger partial charge in [0.1, 0.15) is 0 Å². The van der Waals surface area contributed by atoms with Crippen LogP contribution in [0.3, 0.4) is 0 Å². The Morgan fingerprint density at radius 3 is 2.45 bits per heavy atom. The molecule has 1 N–H and O–H groups in total. The van der Waals surface area contributed by atoms with Crippen molar-refractivity contribution in [3.63, 3.8) is 0 Å². The molecule has 0 aliphatic rings. The van der Waals surface area contributed by atoms with Gasteiger partial charge in [0.05, 0.1) is 17.1 Å². The number of rotatable bonds is 7. The first-order chi connectivity index (χ1) is 9.31. The summed E-state index contributed by atoms with van der Waals surface area (Å²) in [6, 6.07) is 4.03. The molecule has 0 aromatic heterocycles. The Morgan fingerprint density at radius 1 is 1.30 bits per heavy atom. The van der Waals surface area contributed by atoms with Crippen LogP contribution in [0, 0.1) is 19.8 Å². The number of anilines is 1. The van der Waals surface area contributed by atoms with Crippen molar-refractivity contribution in [3.05, 3.63) is 28.3 Å². The normalized spacial score (nSPS) is 10.9. The van der Waals surface area contributed by atoms with Gasteiger partial charge < -0.3 is 10.0 Å². The monoisotopic (exact) mass is 297 g/mol. The predicted octanol–water partition coefficient (Wildman–Crippen LogP) is 4.28. The molecule has 112 valence electrons. The predicted molar refractivity (Wildman–Crippen MR) is 84.8 cm³/mol. The van der Waals surface area contributed by atoms with Crippen LogP contribution in [0.15, 0.2) is 12.1 Å². The Kier molecular flexibility index (Phi) is 6.34. The molecule has 3 nitrogen and oxygen atoms in total. The zero-order valence-corrected chi connectivity index (χ0v) is 13.5. The molecule has 0 saturated heterocycles. The molecule has 1 aromatic carbocycles. The average Bonchev–Trinajstić information content (AvgIpc) is 2.29. The highest BCUT2D eigenvalue weighted by Crippen LogP contribution is 2.31. The molecule has 0 heterocycles. The summed E-state index contributed by atoms with van der Waals surface area (Å²) in [6.07, 6.45) is 1.14. The highest BCUT2D eigenvalue weighted by atomic mass is 35.5. The number of aliphatic carboxylic acids is 1. The molecule has 0 spiro atoms. The summed E-state index contributed by atoms with van der Waals surface area (Å²) in [5, 5.41) is 9.61. The SMILES string of the molecule is Cc1cc(C)c(N(CCC(=O)O)CCC(C)C)c(Cl)c1. The zero-order chi connectivity index (χ0) is 15.3. The highest BCUT2D eigenvalue weighted by molar-refractivity contribution is 6.33. The number of benzene rings is 1. The van der Waals surface area contributed by atoms with Gasteiger partial charge in [-0.05, 0) is 43.4 Å². The topological polar surface area (TPSA) is 40.5 Å². The Hall–Kier alpha value is -1.22. The minimum absolute atomic E-state index is 0.127. The fraction of sp³-hybridized carbons (Fsp3) is 0.562. The maximum atomic E-state index is 10.8. The minimum Gasteiger partial charge on any atom is -0.481 e. The summed E-state index contributed by atoms with van der Waals surface area (Å²) >= 11 is 6.37. The van der Waals surface area contributed by atoms with E-state index < -0.39 is 5.97 Å². The van der Waals surface area contributed by atoms with Crippen LogP contribution in [0.25, 0.3) is 0 Å². The van der Waals surface area contributed by atoms with Crippen LogP contribution < -0.4 is 4.90 Å². The second kappa shape index (κ2) is 7.53. The van der Waals surface area contributed by atoms with E-state index in [0.29, 0.717) is 17.5 Å². The lowest BCUT2D eigenvalue weighted by molar-refractivity contribution is -0.136. The smallest absolute Gasteiger partial charge is 0.305 e. The van der Waals surface area contributed by atoms with Gasteiger partial charge in [0, 0.05) is 13.1 Å². The molecule has 1 aromatic rings. The van der Waals surface area contributed by atoms with E-state index in [0.717, 1.165) is 29.8 Å². The standard InChI is InChI=1S/C16H24ClNO2/c1-11(2)5-7-18(8-6-15(19)20)16-13(4)9-12(3)10-14(16)17/h9-11H,5-8H2,1-4H3,(H,19,20). The van der Waals surface area contributed by atoms with Crippen LogP contribution in [-0.4, -0.2) is 24.2 Å². The quantitative estimate of drug-likeness (QED) is 0.816. The average molecular weight is 298 g/mol. The first-order valence-electron chi connectivity index (χ1n) is 7.04. The minimum atomic E-state index is -0.777. The van der Waals surface area contributed by atoms with Crippen LogP contribution in [0.1, 0.15) is 37.8 Å². The zero-order valence-electron chi connectivity index (χ0n) is 12.7. The number of halogens is 1. The Morgan fingerprint density at radius 2 is 1.95 bits per heavy atom. The molecule has 0 amide bonds. The van der Waals surface area contributed by atoms with Gasteiger partial charge in [0.15, 0.2) is 0 Å². The Labute approximate surface area is 126 Å². The Bertz CT molecular complexity index is 449. The summed E-state index contributed by atoms with van der Waals surface area (Å²) in [6.45, 7) is 9.69. The summed E-state index contributed by atoms with van der Waals surface area (Å²) in [5.41, 5.74) is 3.20. The number of hydrogen-bond acceptors (Lipinski definition) is 2. The Balaban J connectivity index is 2.99. The van der Waals surface area contributed by atoms with Crippen LogP contribution >= 0.6 is 11.6 Å². The van der Waals surface area contributed by atoms with Gasteiger partial charge >= 0.3 is 5.97 Å². The van der Waals surface area contributed by atoms with Gasteiger partial charge in [0.2, 0.25) is 0 Å². The second-order valence-corrected chi connectivity index (χ2v) is 6.13. The fourth-order valence-corrected chi connectivity index (χ4v) is 2.73. The number of carboxylic acid groups (broad SMARTS) is 1. The molecule has 4 heteroatoms. The van der Waals surface area contributed by atoms with Gasteiger partial charge in [-0.15, -0.1) is 0 Å². The van der Waals surface area contributed by atoms with E-state index in [2.05, 4.69) is 24.8 Å². The molecule has 0 unspecified atom stereocenters. The number of hydrogen-bond donors (Lipinski definition) is 1. The highest BCUT2D eigenvalue weighted by Gasteiger charge is 2.15. The number of aryl methyl sites for hydroxylation is 2. The molecule has 0 fully saturated rings. The fourth-order valence-electron chi connectivity index (χ4n) is 2.29. The van der Waals surface area contributed by atoms with E-state index in [-0.39, 0.29) is 6.42 Å². The van der Waals surface area contributed by atoms with E-state index in [1.165, 1.54) is 0 Å². The molecule has 0 atom stereocenters. The van der Waals surface area contributed by atoms with Crippen molar-refractivity contribution in [2.75, 3.05) is 18.0 Å². The van der Waals surface area contributed by atoms with Gasteiger partial charge in [-0.1, -0.05) is 31.5 Å². The van der Waals surface area contributed by atoms with Crippen molar-refractivity contribution in [1.29, 1.82) is 0 Å². The van der Waals surface area contributed by atoms with Gasteiger partial charge in [-0.3, -0.25) is 4.79 Å². The molecule has 20 heavy (non-hydrogen) atoms. The third-order valence-corrected chi connectivity index (χ3v) is 3.57. The van der Waals surface area contributed by atoms with E-state index in [1.807, 2.05) is 19.9 Å². The van der Waals surface area contributed by atoms with Crippen LogP contribution in [0.2, 0.25) is 5.02 Å². The van der Waals surface area contributed by atoms with Crippen molar-refractivity contribution >= 4 is 23.3 Å². The molecular formula is C16H24ClNO2. The van der Waals surface area contributed by atoms with Crippen molar-refractivity contribution < 1.29 is 9.90 Å². The number of carbonyl (C=O) groups is 1. The molecule has 0 aliphatic carbocycles. The molecule has 0 saturated carbocycles. The lowest BCUT2D eigenvalue weighted by Crippen LogP contribution is -2.29. The summed E-state index contributed by atoms with van der Waals surface area (Å²) in [5.74, 6) is -0.202. The third kappa shape index (κ3) is 5.04. The summed E-state index contributed by atoms with van der Waals surface area (Å²) in [7, 11) is 0. The van der Waals surface area contributed by atoms with Crippen LogP contribution in [0.5, 0.6) is 0 Å². The third-order valence-electron chi connectivity index (χ3n) is 3.29. The largest absolute Gasteiger partial charge is 0.481 e. The molecule has 1 rings (SSSR count). The summed E-state index contributed by atoms with van der Waals surface area (Å²) in [4.78, 5) is 12.9. The van der Waals surface area contributed by atoms with Gasteiger partial charge in [0.25, 0.3) is 0 Å². The van der Waals surface area contributed by atoms with Gasteiger partial charge in [-0.25, -0.2) is 0 Å². The maximum Gasteiger partial charge on any atom is 0.305 e. The van der Waals surface area contributed by atoms with E-state index in [9.17, 15) is 4.79 Å². The van der Waals surface area contributed by atoms with Gasteiger partial charge in [-0.2, -0.15) is 0 Å². The lowest BCUT2D eigenvalue weighted by atomic mass is 10.1. The van der Waals surface area contributed by atoms with E-state index >= 15 is 0 Å². The van der Waals surface area contributed by atoms with Crippen molar-refractivity contribution in [3.8, 4) is 0 Å². The number of carboxylic acids is 1. The van der Waals surface area contributed by atoms with Crippen LogP contribution in [-0.2, 0) is 4.79 Å². The molecular weight excluding hydrogens is 274 g/mol. The van der Waals surface area contributed by atoms with E-state index in [4.69, 9.17) is 16.7 Å². The summed E-state index contributed by atoms with van der Waals surface area (Å²) < 4.78 is 0. The van der Waals surface area contributed by atoms with Crippen LogP contribution in [0.4, 0.5) is 5.69 Å². The maximum absolute atomic E-state index is 10.8.